The van der Waals surface area contributed by atoms with E-state index in [0.717, 1.165) is 49.4 Å². The van der Waals surface area contributed by atoms with Crippen LogP contribution in [0.4, 0.5) is 4.79 Å². The molecule has 128 valence electrons. The number of urea groups is 1. The first kappa shape index (κ1) is 16.6. The molecule has 24 heavy (non-hydrogen) atoms. The zero-order valence-electron chi connectivity index (χ0n) is 14.4. The number of aromatic nitrogens is 1. The molecule has 1 N–H and O–H groups in total. The minimum Gasteiger partial charge on any atom is -0.361 e. The smallest absolute Gasteiger partial charge is 0.317 e. The lowest BCUT2D eigenvalue weighted by Crippen LogP contribution is -2.39. The molecule has 2 aromatic rings. The van der Waals surface area contributed by atoms with Gasteiger partial charge in [0, 0.05) is 25.2 Å². The highest BCUT2D eigenvalue weighted by atomic mass is 16.5. The van der Waals surface area contributed by atoms with E-state index in [9.17, 15) is 4.79 Å². The lowest BCUT2D eigenvalue weighted by atomic mass is 9.99. The van der Waals surface area contributed by atoms with E-state index in [2.05, 4.69) is 34.7 Å². The summed E-state index contributed by atoms with van der Waals surface area (Å²) >= 11 is 0. The lowest BCUT2D eigenvalue weighted by Gasteiger charge is -2.17. The molecular weight excluding hydrogens is 302 g/mol. The minimum absolute atomic E-state index is 0.0392. The quantitative estimate of drug-likeness (QED) is 0.918. The van der Waals surface area contributed by atoms with Crippen molar-refractivity contribution in [2.24, 2.45) is 5.92 Å². The fraction of sp³-hybridized carbons (Fsp3) is 0.474. The van der Waals surface area contributed by atoms with Crippen LogP contribution in [-0.4, -0.2) is 35.7 Å². The van der Waals surface area contributed by atoms with Gasteiger partial charge >= 0.3 is 6.03 Å². The van der Waals surface area contributed by atoms with Crippen molar-refractivity contribution in [3.8, 4) is 0 Å². The third-order valence-corrected chi connectivity index (χ3v) is 4.77. The maximum Gasteiger partial charge on any atom is 0.317 e. The van der Waals surface area contributed by atoms with Gasteiger partial charge in [-0.25, -0.2) is 4.79 Å². The maximum atomic E-state index is 12.3. The largest absolute Gasteiger partial charge is 0.361 e. The van der Waals surface area contributed by atoms with Gasteiger partial charge in [-0.05, 0) is 44.6 Å². The van der Waals surface area contributed by atoms with Gasteiger partial charge in [-0.1, -0.05) is 35.5 Å². The summed E-state index contributed by atoms with van der Waals surface area (Å²) in [4.78, 5) is 14.2. The van der Waals surface area contributed by atoms with Crippen molar-refractivity contribution >= 4 is 6.03 Å². The van der Waals surface area contributed by atoms with Crippen LogP contribution in [0.15, 0.2) is 34.9 Å². The first-order valence-electron chi connectivity index (χ1n) is 8.62. The summed E-state index contributed by atoms with van der Waals surface area (Å²) in [6.07, 6.45) is 2.88. The van der Waals surface area contributed by atoms with E-state index in [-0.39, 0.29) is 6.03 Å². The number of rotatable bonds is 5. The molecule has 1 fully saturated rings. The van der Waals surface area contributed by atoms with Gasteiger partial charge in [0.2, 0.25) is 0 Å². The van der Waals surface area contributed by atoms with Crippen molar-refractivity contribution in [2.45, 2.75) is 33.1 Å². The Morgan fingerprint density at radius 1 is 1.33 bits per heavy atom. The molecule has 0 aliphatic carbocycles. The average Bonchev–Trinajstić information content (AvgIpc) is 3.17. The number of hydrogen-bond acceptors (Lipinski definition) is 3. The number of nitrogens with zero attached hydrogens (tertiary/aromatic N) is 2. The van der Waals surface area contributed by atoms with Gasteiger partial charge in [0.1, 0.15) is 5.76 Å². The summed E-state index contributed by atoms with van der Waals surface area (Å²) in [5.74, 6) is 1.39. The Labute approximate surface area is 143 Å². The summed E-state index contributed by atoms with van der Waals surface area (Å²) in [6.45, 7) is 6.14. The predicted molar refractivity (Wildman–Crippen MR) is 92.9 cm³/mol. The molecule has 0 bridgehead atoms. The Hall–Kier alpha value is -2.30. The Balaban J connectivity index is 1.43. The highest BCUT2D eigenvalue weighted by molar-refractivity contribution is 5.74. The molecule has 1 saturated heterocycles. The van der Waals surface area contributed by atoms with Crippen molar-refractivity contribution in [3.05, 3.63) is 52.9 Å². The number of carbonyl (C=O) groups excluding carboxylic acids is 1. The number of likely N-dealkylation sites (tertiary alicyclic amines) is 1. The molecule has 5 heteroatoms. The van der Waals surface area contributed by atoms with E-state index in [4.69, 9.17) is 4.52 Å². The number of carbonyl (C=O) groups is 1. The summed E-state index contributed by atoms with van der Waals surface area (Å²) < 4.78 is 5.15. The number of amides is 2. The van der Waals surface area contributed by atoms with Gasteiger partial charge < -0.3 is 14.7 Å². The summed E-state index contributed by atoms with van der Waals surface area (Å²) in [5, 5.41) is 6.96. The van der Waals surface area contributed by atoms with Gasteiger partial charge in [-0.2, -0.15) is 0 Å². The number of aryl methyl sites for hydroxylation is 2. The van der Waals surface area contributed by atoms with Crippen molar-refractivity contribution in [1.82, 2.24) is 15.4 Å². The molecule has 3 rings (SSSR count). The zero-order chi connectivity index (χ0) is 16.9. The van der Waals surface area contributed by atoms with Crippen molar-refractivity contribution in [2.75, 3.05) is 19.6 Å². The molecule has 0 radical (unpaired) electrons. The number of benzene rings is 1. The van der Waals surface area contributed by atoms with Gasteiger partial charge in [0.05, 0.1) is 5.69 Å². The van der Waals surface area contributed by atoms with Crippen LogP contribution in [0, 0.1) is 19.8 Å². The Bertz CT molecular complexity index is 662. The zero-order valence-corrected chi connectivity index (χ0v) is 14.4. The topological polar surface area (TPSA) is 58.4 Å². The normalized spacial score (nSPS) is 17.2. The minimum atomic E-state index is 0.0392. The van der Waals surface area contributed by atoms with Crippen molar-refractivity contribution < 1.29 is 9.32 Å². The Morgan fingerprint density at radius 2 is 2.12 bits per heavy atom. The Morgan fingerprint density at radius 3 is 2.83 bits per heavy atom. The highest BCUT2D eigenvalue weighted by Crippen LogP contribution is 2.20. The molecule has 0 spiro atoms. The van der Waals surface area contributed by atoms with Crippen molar-refractivity contribution in [3.63, 3.8) is 0 Å². The van der Waals surface area contributed by atoms with Crippen LogP contribution in [0.1, 0.15) is 29.0 Å². The molecule has 1 aromatic heterocycles. The molecule has 2 heterocycles. The van der Waals surface area contributed by atoms with Crippen LogP contribution < -0.4 is 5.32 Å². The van der Waals surface area contributed by atoms with E-state index in [1.165, 1.54) is 5.56 Å². The number of hydrogen-bond donors (Lipinski definition) is 1. The van der Waals surface area contributed by atoms with Crippen LogP contribution in [-0.2, 0) is 12.8 Å². The second kappa shape index (κ2) is 7.51. The van der Waals surface area contributed by atoms with Crippen molar-refractivity contribution in [1.29, 1.82) is 0 Å². The van der Waals surface area contributed by atoms with Gasteiger partial charge in [-0.3, -0.25) is 0 Å². The average molecular weight is 327 g/mol. The first-order valence-corrected chi connectivity index (χ1v) is 8.62. The van der Waals surface area contributed by atoms with E-state index in [1.54, 1.807) is 0 Å². The second-order valence-electron chi connectivity index (χ2n) is 6.58. The molecule has 1 atom stereocenters. The molecule has 0 unspecified atom stereocenters. The molecular formula is C19H25N3O2. The summed E-state index contributed by atoms with van der Waals surface area (Å²) in [7, 11) is 0. The van der Waals surface area contributed by atoms with Crippen LogP contribution in [0.25, 0.3) is 0 Å². The third-order valence-electron chi connectivity index (χ3n) is 4.77. The van der Waals surface area contributed by atoms with Crippen LogP contribution >= 0.6 is 0 Å². The predicted octanol–water partition coefficient (Wildman–Crippen LogP) is 3.11. The fourth-order valence-corrected chi connectivity index (χ4v) is 3.40. The monoisotopic (exact) mass is 327 g/mol. The lowest BCUT2D eigenvalue weighted by molar-refractivity contribution is 0.207. The number of nitrogens with one attached hydrogen (secondary N) is 1. The first-order chi connectivity index (χ1) is 11.6. The standard InChI is InChI=1S/C19H25N3O2/c1-14-18(15(2)24-21-14)8-10-20-19(23)22-11-9-17(13-22)12-16-6-4-3-5-7-16/h3-7,17H,8-13H2,1-2H3,(H,20,23)/t17-/m1/s1. The van der Waals surface area contributed by atoms with Crippen LogP contribution in [0.2, 0.25) is 0 Å². The molecule has 5 nitrogen and oxygen atoms in total. The molecule has 1 aliphatic heterocycles. The molecule has 1 aliphatic rings. The summed E-state index contributed by atoms with van der Waals surface area (Å²) in [6, 6.07) is 10.5. The SMILES string of the molecule is Cc1noc(C)c1CCNC(=O)N1CC[C@H](Cc2ccccc2)C1. The van der Waals surface area contributed by atoms with E-state index in [0.29, 0.717) is 12.5 Å². The van der Waals surface area contributed by atoms with Gasteiger partial charge in [0.25, 0.3) is 0 Å². The summed E-state index contributed by atoms with van der Waals surface area (Å²) in [5.41, 5.74) is 3.35. The maximum absolute atomic E-state index is 12.3. The highest BCUT2D eigenvalue weighted by Gasteiger charge is 2.26. The molecule has 1 aromatic carbocycles. The van der Waals surface area contributed by atoms with E-state index < -0.39 is 0 Å². The van der Waals surface area contributed by atoms with Crippen LogP contribution in [0.5, 0.6) is 0 Å². The van der Waals surface area contributed by atoms with Gasteiger partial charge in [-0.15, -0.1) is 0 Å². The van der Waals surface area contributed by atoms with Gasteiger partial charge in [0.15, 0.2) is 0 Å². The molecule has 0 saturated carbocycles. The van der Waals surface area contributed by atoms with Crippen LogP contribution in [0.3, 0.4) is 0 Å². The van der Waals surface area contributed by atoms with E-state index >= 15 is 0 Å². The Kier molecular flexibility index (Phi) is 5.18. The fourth-order valence-electron chi connectivity index (χ4n) is 3.40. The van der Waals surface area contributed by atoms with E-state index in [1.807, 2.05) is 24.8 Å². The molecule has 2 amide bonds. The second-order valence-corrected chi connectivity index (χ2v) is 6.58. The third kappa shape index (κ3) is 3.96.